The van der Waals surface area contributed by atoms with Crippen molar-refractivity contribution in [3.63, 3.8) is 0 Å². The minimum Gasteiger partial charge on any atom is -0.496 e. The molecule has 0 aliphatic heterocycles. The first-order valence-electron chi connectivity index (χ1n) is 8.86. The number of methoxy groups -OCH3 is 1. The zero-order valence-electron chi connectivity index (χ0n) is 16.1. The number of rotatable bonds is 8. The Hall–Kier alpha value is -3.86. The average Bonchev–Trinajstić information content (AvgIpc) is 2.73. The summed E-state index contributed by atoms with van der Waals surface area (Å²) in [6.45, 7) is 1.49. The number of anilines is 1. The first-order valence-corrected chi connectivity index (χ1v) is 8.86. The van der Waals surface area contributed by atoms with Crippen molar-refractivity contribution in [3.8, 4) is 11.8 Å². The number of hydrogen-bond acceptors (Lipinski definition) is 6. The Bertz CT molecular complexity index is 936. The normalized spacial score (nSPS) is 10.9. The summed E-state index contributed by atoms with van der Waals surface area (Å²) in [7, 11) is 1.46. The van der Waals surface area contributed by atoms with Crippen molar-refractivity contribution >= 4 is 23.5 Å². The molecule has 2 aromatic carbocycles. The molecular weight excluding hydrogens is 374 g/mol. The average molecular weight is 395 g/mol. The highest BCUT2D eigenvalue weighted by atomic mass is 16.5. The second-order valence-corrected chi connectivity index (χ2v) is 6.02. The molecule has 2 amide bonds. The number of carbonyl (C=O) groups excluding carboxylic acids is 3. The Morgan fingerprint density at radius 1 is 1.14 bits per heavy atom. The Morgan fingerprint density at radius 2 is 1.90 bits per heavy atom. The molecule has 0 unspecified atom stereocenters. The molecular formula is C21H21N3O5. The molecule has 29 heavy (non-hydrogen) atoms. The molecule has 150 valence electrons. The summed E-state index contributed by atoms with van der Waals surface area (Å²) in [6.07, 6.45) is -1.12. The van der Waals surface area contributed by atoms with Crippen molar-refractivity contribution in [1.29, 1.82) is 5.26 Å². The van der Waals surface area contributed by atoms with E-state index in [9.17, 15) is 14.4 Å². The number of benzene rings is 2. The van der Waals surface area contributed by atoms with Crippen LogP contribution < -0.4 is 15.4 Å². The Labute approximate surface area is 168 Å². The van der Waals surface area contributed by atoms with E-state index in [4.69, 9.17) is 14.7 Å². The molecule has 2 aromatic rings. The molecule has 0 aliphatic rings. The predicted molar refractivity (Wildman–Crippen MR) is 105 cm³/mol. The van der Waals surface area contributed by atoms with Crippen LogP contribution in [0.1, 0.15) is 29.3 Å². The number of hydrogen-bond donors (Lipinski definition) is 2. The summed E-state index contributed by atoms with van der Waals surface area (Å²) >= 11 is 0. The van der Waals surface area contributed by atoms with Gasteiger partial charge >= 0.3 is 5.97 Å². The van der Waals surface area contributed by atoms with Crippen LogP contribution in [0.5, 0.6) is 5.75 Å². The quantitative estimate of drug-likeness (QED) is 0.662. The Morgan fingerprint density at radius 3 is 2.62 bits per heavy atom. The van der Waals surface area contributed by atoms with Crippen LogP contribution in [0.2, 0.25) is 0 Å². The third kappa shape index (κ3) is 6.36. The monoisotopic (exact) mass is 395 g/mol. The summed E-state index contributed by atoms with van der Waals surface area (Å²) < 4.78 is 10.2. The van der Waals surface area contributed by atoms with Gasteiger partial charge in [-0.15, -0.1) is 0 Å². The Kier molecular flexibility index (Phi) is 7.74. The SMILES string of the molecule is COc1ccccc1C(=O)NCCC(=O)O[C@@H](C)C(=O)Nc1cccc(C#N)c1. The van der Waals surface area contributed by atoms with Gasteiger partial charge in [-0.05, 0) is 37.3 Å². The van der Waals surface area contributed by atoms with Crippen LogP contribution in [0, 0.1) is 11.3 Å². The van der Waals surface area contributed by atoms with Crippen LogP contribution in [0.3, 0.4) is 0 Å². The van der Waals surface area contributed by atoms with E-state index < -0.39 is 18.0 Å². The van der Waals surface area contributed by atoms with Crippen LogP contribution in [0.15, 0.2) is 48.5 Å². The van der Waals surface area contributed by atoms with Crippen molar-refractivity contribution in [1.82, 2.24) is 5.32 Å². The maximum absolute atomic E-state index is 12.2. The van der Waals surface area contributed by atoms with Crippen molar-refractivity contribution in [3.05, 3.63) is 59.7 Å². The lowest BCUT2D eigenvalue weighted by molar-refractivity contribution is -0.153. The lowest BCUT2D eigenvalue weighted by Crippen LogP contribution is -2.32. The highest BCUT2D eigenvalue weighted by molar-refractivity contribution is 5.97. The van der Waals surface area contributed by atoms with E-state index in [-0.39, 0.29) is 18.9 Å². The fourth-order valence-electron chi connectivity index (χ4n) is 2.43. The van der Waals surface area contributed by atoms with Crippen LogP contribution >= 0.6 is 0 Å². The fourth-order valence-corrected chi connectivity index (χ4v) is 2.43. The van der Waals surface area contributed by atoms with Crippen molar-refractivity contribution in [2.75, 3.05) is 19.0 Å². The Balaban J connectivity index is 1.78. The third-order valence-electron chi connectivity index (χ3n) is 3.90. The van der Waals surface area contributed by atoms with Crippen LogP contribution in [0.25, 0.3) is 0 Å². The largest absolute Gasteiger partial charge is 0.496 e. The van der Waals surface area contributed by atoms with Gasteiger partial charge in [0, 0.05) is 12.2 Å². The van der Waals surface area contributed by atoms with E-state index in [1.54, 1.807) is 42.5 Å². The van der Waals surface area contributed by atoms with E-state index in [2.05, 4.69) is 10.6 Å². The number of para-hydroxylation sites is 1. The molecule has 0 spiro atoms. The number of ether oxygens (including phenoxy) is 2. The highest BCUT2D eigenvalue weighted by Gasteiger charge is 2.18. The number of nitrogens with one attached hydrogen (secondary N) is 2. The van der Waals surface area contributed by atoms with E-state index in [1.165, 1.54) is 20.1 Å². The molecule has 0 aromatic heterocycles. The summed E-state index contributed by atoms with van der Waals surface area (Å²) in [5, 5.41) is 14.1. The summed E-state index contributed by atoms with van der Waals surface area (Å²) in [6, 6.07) is 15.1. The molecule has 0 aliphatic carbocycles. The first-order chi connectivity index (χ1) is 13.9. The molecule has 8 heteroatoms. The number of nitrogens with zero attached hydrogens (tertiary/aromatic N) is 1. The minimum atomic E-state index is -1.03. The second-order valence-electron chi connectivity index (χ2n) is 6.02. The molecule has 0 bridgehead atoms. The number of nitriles is 1. The van der Waals surface area contributed by atoms with Gasteiger partial charge in [0.2, 0.25) is 0 Å². The van der Waals surface area contributed by atoms with Gasteiger partial charge in [-0.1, -0.05) is 18.2 Å². The summed E-state index contributed by atoms with van der Waals surface area (Å²) in [5.41, 5.74) is 1.19. The van der Waals surface area contributed by atoms with E-state index >= 15 is 0 Å². The van der Waals surface area contributed by atoms with Gasteiger partial charge in [-0.2, -0.15) is 5.26 Å². The van der Waals surface area contributed by atoms with Crippen molar-refractivity contribution in [2.24, 2.45) is 0 Å². The summed E-state index contributed by atoms with van der Waals surface area (Å²) in [5.74, 6) is -1.10. The van der Waals surface area contributed by atoms with Gasteiger partial charge in [0.05, 0.1) is 30.7 Å². The van der Waals surface area contributed by atoms with Gasteiger partial charge in [0.15, 0.2) is 6.10 Å². The van der Waals surface area contributed by atoms with Crippen LogP contribution in [0.4, 0.5) is 5.69 Å². The van der Waals surface area contributed by atoms with E-state index in [0.29, 0.717) is 22.6 Å². The van der Waals surface area contributed by atoms with Gasteiger partial charge in [0.1, 0.15) is 5.75 Å². The topological polar surface area (TPSA) is 118 Å². The lowest BCUT2D eigenvalue weighted by atomic mass is 10.2. The van der Waals surface area contributed by atoms with Gasteiger partial charge in [-0.25, -0.2) is 0 Å². The maximum Gasteiger partial charge on any atom is 0.308 e. The number of esters is 1. The van der Waals surface area contributed by atoms with Crippen molar-refractivity contribution in [2.45, 2.75) is 19.4 Å². The molecule has 0 saturated heterocycles. The van der Waals surface area contributed by atoms with Gasteiger partial charge < -0.3 is 20.1 Å². The number of carbonyl (C=O) groups is 3. The second kappa shape index (κ2) is 10.5. The zero-order chi connectivity index (χ0) is 21.2. The van der Waals surface area contributed by atoms with E-state index in [1.807, 2.05) is 6.07 Å². The van der Waals surface area contributed by atoms with Gasteiger partial charge in [0.25, 0.3) is 11.8 Å². The molecule has 2 N–H and O–H groups in total. The predicted octanol–water partition coefficient (Wildman–Crippen LogP) is 2.26. The van der Waals surface area contributed by atoms with E-state index in [0.717, 1.165) is 0 Å². The van der Waals surface area contributed by atoms with Crippen LogP contribution in [-0.4, -0.2) is 37.5 Å². The molecule has 0 fully saturated rings. The smallest absolute Gasteiger partial charge is 0.308 e. The molecule has 2 rings (SSSR count). The minimum absolute atomic E-state index is 0.0499. The first kappa shape index (κ1) is 21.4. The lowest BCUT2D eigenvalue weighted by Gasteiger charge is -2.14. The fraction of sp³-hybridized carbons (Fsp3) is 0.238. The molecule has 0 radical (unpaired) electrons. The maximum atomic E-state index is 12.2. The van der Waals surface area contributed by atoms with Crippen molar-refractivity contribution < 1.29 is 23.9 Å². The highest BCUT2D eigenvalue weighted by Crippen LogP contribution is 2.16. The third-order valence-corrected chi connectivity index (χ3v) is 3.90. The van der Waals surface area contributed by atoms with Gasteiger partial charge in [-0.3, -0.25) is 14.4 Å². The molecule has 8 nitrogen and oxygen atoms in total. The zero-order valence-corrected chi connectivity index (χ0v) is 16.1. The molecule has 0 heterocycles. The number of amides is 2. The summed E-state index contributed by atoms with van der Waals surface area (Å²) in [4.78, 5) is 36.2. The van der Waals surface area contributed by atoms with Crippen LogP contribution in [-0.2, 0) is 14.3 Å². The molecule has 1 atom stereocenters. The standard InChI is InChI=1S/C21H21N3O5/c1-14(20(26)24-16-7-5-6-15(12-16)13-22)29-19(25)10-11-23-21(27)17-8-3-4-9-18(17)28-2/h3-9,12,14H,10-11H2,1-2H3,(H,23,27)(H,24,26)/t14-/m0/s1. The molecule has 0 saturated carbocycles.